The van der Waals surface area contributed by atoms with E-state index in [0.29, 0.717) is 16.3 Å². The summed E-state index contributed by atoms with van der Waals surface area (Å²) in [7, 11) is 0. The molecule has 0 fully saturated rings. The summed E-state index contributed by atoms with van der Waals surface area (Å²) in [5.74, 6) is -1.03. The number of rotatable bonds is 6. The molecule has 0 bridgehead atoms. The first kappa shape index (κ1) is 18.6. The van der Waals surface area contributed by atoms with Crippen LogP contribution in [0.5, 0.6) is 5.75 Å². The highest BCUT2D eigenvalue weighted by molar-refractivity contribution is 7.10. The van der Waals surface area contributed by atoms with Crippen LogP contribution in [0.15, 0.2) is 47.8 Å². The Morgan fingerprint density at radius 1 is 1.19 bits per heavy atom. The number of carbonyl (C=O) groups is 2. The summed E-state index contributed by atoms with van der Waals surface area (Å²) < 4.78 is 0. The molecule has 0 spiro atoms. The Bertz CT molecular complexity index is 980. The van der Waals surface area contributed by atoms with Crippen molar-refractivity contribution in [1.82, 2.24) is 4.98 Å². The topological polar surface area (TPSA) is 105 Å². The van der Waals surface area contributed by atoms with Gasteiger partial charge in [0.25, 0.3) is 5.91 Å². The summed E-state index contributed by atoms with van der Waals surface area (Å²) in [5, 5.41) is 15.0. The highest BCUT2D eigenvalue weighted by Gasteiger charge is 2.13. The molecular weight excluding hydrogens is 362 g/mol. The van der Waals surface area contributed by atoms with Gasteiger partial charge in [-0.3, -0.25) is 9.59 Å². The molecular formula is C20H19N3O3S. The Morgan fingerprint density at radius 3 is 2.59 bits per heavy atom. The van der Waals surface area contributed by atoms with Gasteiger partial charge in [0, 0.05) is 16.6 Å². The smallest absolute Gasteiger partial charge is 0.252 e. The summed E-state index contributed by atoms with van der Waals surface area (Å²) in [4.78, 5) is 28.0. The van der Waals surface area contributed by atoms with E-state index in [1.165, 1.54) is 29.0 Å². The number of nitrogens with one attached hydrogen (secondary N) is 1. The molecule has 0 aliphatic heterocycles. The minimum Gasteiger partial charge on any atom is -0.507 e. The van der Waals surface area contributed by atoms with Gasteiger partial charge in [0.05, 0.1) is 17.7 Å². The van der Waals surface area contributed by atoms with Gasteiger partial charge in [-0.15, -0.1) is 11.3 Å². The van der Waals surface area contributed by atoms with Crippen LogP contribution in [0.4, 0.5) is 5.69 Å². The fourth-order valence-corrected chi connectivity index (χ4v) is 3.39. The molecule has 138 valence electrons. The van der Waals surface area contributed by atoms with E-state index in [9.17, 15) is 14.7 Å². The molecule has 27 heavy (non-hydrogen) atoms. The minimum atomic E-state index is -0.710. The first-order chi connectivity index (χ1) is 13.0. The molecule has 0 radical (unpaired) electrons. The number of hydrogen-bond acceptors (Lipinski definition) is 5. The maximum Gasteiger partial charge on any atom is 0.252 e. The average molecular weight is 381 g/mol. The van der Waals surface area contributed by atoms with Crippen molar-refractivity contribution in [2.45, 2.75) is 19.8 Å². The van der Waals surface area contributed by atoms with Gasteiger partial charge in [0.1, 0.15) is 10.8 Å². The molecule has 1 aromatic heterocycles. The van der Waals surface area contributed by atoms with Crippen LogP contribution in [0.3, 0.4) is 0 Å². The Kier molecular flexibility index (Phi) is 5.52. The number of aryl methyl sites for hydroxylation is 1. The van der Waals surface area contributed by atoms with Crippen LogP contribution in [0.25, 0.3) is 11.3 Å². The molecule has 2 aromatic carbocycles. The summed E-state index contributed by atoms with van der Waals surface area (Å²) in [5.41, 5.74) is 8.53. The second kappa shape index (κ2) is 8.01. The zero-order valence-electron chi connectivity index (χ0n) is 14.7. The Labute approximate surface area is 160 Å². The first-order valence-electron chi connectivity index (χ1n) is 8.42. The molecule has 4 N–H and O–H groups in total. The van der Waals surface area contributed by atoms with Gasteiger partial charge in [-0.2, -0.15) is 0 Å². The number of aromatic hydroxyl groups is 1. The Morgan fingerprint density at radius 2 is 1.93 bits per heavy atom. The second-order valence-corrected chi connectivity index (χ2v) is 6.94. The maximum absolute atomic E-state index is 12.2. The predicted molar refractivity (Wildman–Crippen MR) is 106 cm³/mol. The van der Waals surface area contributed by atoms with E-state index in [1.807, 2.05) is 24.3 Å². The molecule has 0 unspecified atom stereocenters. The fraction of sp³-hybridized carbons (Fsp3) is 0.150. The molecule has 0 saturated carbocycles. The number of anilines is 1. The van der Waals surface area contributed by atoms with Gasteiger partial charge in [-0.1, -0.05) is 19.1 Å². The number of amides is 2. The zero-order chi connectivity index (χ0) is 19.4. The van der Waals surface area contributed by atoms with E-state index in [4.69, 9.17) is 5.73 Å². The van der Waals surface area contributed by atoms with Gasteiger partial charge in [-0.05, 0) is 42.3 Å². The number of aromatic nitrogens is 1. The van der Waals surface area contributed by atoms with E-state index in [1.54, 1.807) is 11.4 Å². The monoisotopic (exact) mass is 381 g/mol. The lowest BCUT2D eigenvalue weighted by atomic mass is 10.1. The molecule has 0 saturated heterocycles. The first-order valence-corrected chi connectivity index (χ1v) is 9.30. The summed E-state index contributed by atoms with van der Waals surface area (Å²) in [6, 6.07) is 12.3. The van der Waals surface area contributed by atoms with Crippen molar-refractivity contribution in [3.8, 4) is 17.0 Å². The number of primary amides is 1. The number of benzene rings is 2. The highest BCUT2D eigenvalue weighted by Crippen LogP contribution is 2.27. The fourth-order valence-electron chi connectivity index (χ4n) is 2.58. The number of nitrogens with two attached hydrogens (primary N) is 1. The van der Waals surface area contributed by atoms with Crippen molar-refractivity contribution >= 4 is 28.8 Å². The second-order valence-electron chi connectivity index (χ2n) is 6.00. The molecule has 2 amide bonds. The van der Waals surface area contributed by atoms with Crippen LogP contribution in [0.2, 0.25) is 0 Å². The van der Waals surface area contributed by atoms with Crippen LogP contribution >= 0.6 is 11.3 Å². The maximum atomic E-state index is 12.2. The van der Waals surface area contributed by atoms with Crippen molar-refractivity contribution in [2.75, 3.05) is 5.32 Å². The van der Waals surface area contributed by atoms with Crippen LogP contribution in [0.1, 0.15) is 27.9 Å². The number of phenols is 1. The lowest BCUT2D eigenvalue weighted by Gasteiger charge is -2.05. The van der Waals surface area contributed by atoms with Crippen molar-refractivity contribution in [3.05, 3.63) is 64.0 Å². The number of hydrogen-bond donors (Lipinski definition) is 3. The van der Waals surface area contributed by atoms with E-state index in [2.05, 4.69) is 17.2 Å². The molecule has 1 heterocycles. The standard InChI is InChI=1S/C20H19N3O3S/c1-2-12-3-6-14(7-4-12)22-18(25)10-19-23-16(11-27-19)13-5-8-17(24)15(9-13)20(21)26/h3-9,11,24H,2,10H2,1H3,(H2,21,26)(H,22,25). The highest BCUT2D eigenvalue weighted by atomic mass is 32.1. The van der Waals surface area contributed by atoms with Crippen molar-refractivity contribution in [3.63, 3.8) is 0 Å². The number of nitrogens with zero attached hydrogens (tertiary/aromatic N) is 1. The van der Waals surface area contributed by atoms with Gasteiger partial charge >= 0.3 is 0 Å². The molecule has 3 aromatic rings. The third-order valence-electron chi connectivity index (χ3n) is 4.07. The van der Waals surface area contributed by atoms with E-state index in [0.717, 1.165) is 12.1 Å². The third kappa shape index (κ3) is 4.51. The quantitative estimate of drug-likeness (QED) is 0.609. The summed E-state index contributed by atoms with van der Waals surface area (Å²) >= 11 is 1.36. The SMILES string of the molecule is CCc1ccc(NC(=O)Cc2nc(-c3ccc(O)c(C(N)=O)c3)cs2)cc1. The van der Waals surface area contributed by atoms with Gasteiger partial charge in [-0.25, -0.2) is 4.98 Å². The third-order valence-corrected chi connectivity index (χ3v) is 4.92. The lowest BCUT2D eigenvalue weighted by molar-refractivity contribution is -0.115. The van der Waals surface area contributed by atoms with Crippen LogP contribution in [0, 0.1) is 0 Å². The van der Waals surface area contributed by atoms with E-state index < -0.39 is 5.91 Å². The van der Waals surface area contributed by atoms with E-state index in [-0.39, 0.29) is 23.6 Å². The van der Waals surface area contributed by atoms with Crippen LogP contribution in [-0.2, 0) is 17.6 Å². The number of carbonyl (C=O) groups excluding carboxylic acids is 2. The minimum absolute atomic E-state index is 0.0373. The van der Waals surface area contributed by atoms with Crippen LogP contribution in [-0.4, -0.2) is 21.9 Å². The van der Waals surface area contributed by atoms with Gasteiger partial charge in [0.2, 0.25) is 5.91 Å². The predicted octanol–water partition coefficient (Wildman–Crippen LogP) is 3.36. The largest absolute Gasteiger partial charge is 0.507 e. The summed E-state index contributed by atoms with van der Waals surface area (Å²) in [6.45, 7) is 2.08. The number of thiazole rings is 1. The van der Waals surface area contributed by atoms with Crippen molar-refractivity contribution < 1.29 is 14.7 Å². The molecule has 7 heteroatoms. The lowest BCUT2D eigenvalue weighted by Crippen LogP contribution is -2.14. The van der Waals surface area contributed by atoms with Gasteiger partial charge in [0.15, 0.2) is 0 Å². The van der Waals surface area contributed by atoms with Crippen LogP contribution < -0.4 is 11.1 Å². The summed E-state index contributed by atoms with van der Waals surface area (Å²) in [6.07, 6.45) is 1.10. The van der Waals surface area contributed by atoms with Crippen molar-refractivity contribution in [1.29, 1.82) is 0 Å². The van der Waals surface area contributed by atoms with Crippen molar-refractivity contribution in [2.24, 2.45) is 5.73 Å². The molecule has 0 aliphatic rings. The zero-order valence-corrected chi connectivity index (χ0v) is 15.5. The molecule has 6 nitrogen and oxygen atoms in total. The molecule has 0 aliphatic carbocycles. The average Bonchev–Trinajstić information content (AvgIpc) is 3.10. The van der Waals surface area contributed by atoms with Gasteiger partial charge < -0.3 is 16.2 Å². The Hall–Kier alpha value is -3.19. The molecule has 3 rings (SSSR count). The van der Waals surface area contributed by atoms with E-state index >= 15 is 0 Å². The normalized spacial score (nSPS) is 10.6. The molecule has 0 atom stereocenters. The Balaban J connectivity index is 1.69.